The van der Waals surface area contributed by atoms with Gasteiger partial charge in [0.15, 0.2) is 12.2 Å². The van der Waals surface area contributed by atoms with Crippen LogP contribution in [0.1, 0.15) is 292 Å². The zero-order valence-corrected chi connectivity index (χ0v) is 53.3. The summed E-state index contributed by atoms with van der Waals surface area (Å²) in [5.41, 5.74) is 0. The minimum Gasteiger partial charge on any atom is -0.462 e. The largest absolute Gasteiger partial charge is 0.472 e. The molecule has 0 aromatic rings. The second-order valence-electron chi connectivity index (χ2n) is 23.5. The maximum absolute atomic E-state index is 12.9. The van der Waals surface area contributed by atoms with Crippen molar-refractivity contribution in [1.82, 2.24) is 0 Å². The van der Waals surface area contributed by atoms with E-state index in [9.17, 15) is 43.2 Å². The van der Waals surface area contributed by atoms with Crippen LogP contribution in [0.25, 0.3) is 0 Å². The van der Waals surface area contributed by atoms with Crippen molar-refractivity contribution < 1.29 is 80.2 Å². The zero-order valence-electron chi connectivity index (χ0n) is 51.5. The van der Waals surface area contributed by atoms with E-state index >= 15 is 0 Å². The van der Waals surface area contributed by atoms with Crippen LogP contribution >= 0.6 is 15.6 Å². The van der Waals surface area contributed by atoms with Gasteiger partial charge in [-0.05, 0) is 43.4 Å². The molecular weight excluding hydrogens is 1070 g/mol. The summed E-state index contributed by atoms with van der Waals surface area (Å²) in [5.74, 6) is 0.0181. The predicted octanol–water partition coefficient (Wildman–Crippen LogP) is 16.3. The fraction of sp³-hybridized carbons (Fsp3) is 0.934. The molecule has 0 fully saturated rings. The zero-order chi connectivity index (χ0) is 59.5. The van der Waals surface area contributed by atoms with Crippen molar-refractivity contribution in [1.29, 1.82) is 0 Å². The number of carbonyl (C=O) groups is 4. The molecule has 0 heterocycles. The molecule has 0 rings (SSSR count). The fourth-order valence-electron chi connectivity index (χ4n) is 8.95. The number of carbonyl (C=O) groups excluding carboxylic acids is 4. The van der Waals surface area contributed by atoms with Gasteiger partial charge in [0.2, 0.25) is 0 Å². The molecule has 0 aromatic heterocycles. The van der Waals surface area contributed by atoms with Gasteiger partial charge >= 0.3 is 39.5 Å². The molecule has 0 bridgehead atoms. The van der Waals surface area contributed by atoms with E-state index in [1.807, 2.05) is 0 Å². The molecule has 5 atom stereocenters. The van der Waals surface area contributed by atoms with Crippen molar-refractivity contribution in [2.75, 3.05) is 39.6 Å². The first-order valence-electron chi connectivity index (χ1n) is 31.8. The van der Waals surface area contributed by atoms with Gasteiger partial charge in [-0.25, -0.2) is 9.13 Å². The molecule has 17 nitrogen and oxygen atoms in total. The smallest absolute Gasteiger partial charge is 0.462 e. The lowest BCUT2D eigenvalue weighted by molar-refractivity contribution is -0.161. The number of phosphoric ester groups is 2. The lowest BCUT2D eigenvalue weighted by Gasteiger charge is -2.21. The third kappa shape index (κ3) is 55.3. The molecule has 474 valence electrons. The number of hydrogen-bond acceptors (Lipinski definition) is 15. The quantitative estimate of drug-likeness (QED) is 0.0222. The normalized spacial score (nSPS) is 14.5. The van der Waals surface area contributed by atoms with Gasteiger partial charge in [-0.3, -0.25) is 37.3 Å². The van der Waals surface area contributed by atoms with Gasteiger partial charge in [-0.1, -0.05) is 241 Å². The average Bonchev–Trinajstić information content (AvgIpc) is 3.40. The second kappa shape index (κ2) is 52.6. The summed E-state index contributed by atoms with van der Waals surface area (Å²) in [5, 5.41) is 10.5. The number of aliphatic hydroxyl groups is 1. The maximum atomic E-state index is 12.9. The van der Waals surface area contributed by atoms with E-state index in [4.69, 9.17) is 37.0 Å². The van der Waals surface area contributed by atoms with Crippen LogP contribution in [-0.4, -0.2) is 96.7 Å². The Kier molecular flexibility index (Phi) is 51.3. The Morgan fingerprint density at radius 1 is 0.338 bits per heavy atom. The van der Waals surface area contributed by atoms with Crippen LogP contribution in [0, 0.1) is 17.8 Å². The molecular formula is C61H118O17P2. The highest BCUT2D eigenvalue weighted by atomic mass is 31.2. The van der Waals surface area contributed by atoms with Crippen LogP contribution in [0.4, 0.5) is 0 Å². The van der Waals surface area contributed by atoms with Gasteiger partial charge in [0.1, 0.15) is 19.3 Å². The second-order valence-corrected chi connectivity index (χ2v) is 26.4. The van der Waals surface area contributed by atoms with Crippen LogP contribution in [0.15, 0.2) is 0 Å². The molecule has 3 N–H and O–H groups in total. The Hall–Kier alpha value is -1.94. The summed E-state index contributed by atoms with van der Waals surface area (Å²) in [6, 6.07) is 0. The summed E-state index contributed by atoms with van der Waals surface area (Å²) in [6.07, 6.45) is 32.7. The van der Waals surface area contributed by atoms with E-state index in [2.05, 4.69) is 48.5 Å². The van der Waals surface area contributed by atoms with Gasteiger partial charge in [-0.15, -0.1) is 0 Å². The van der Waals surface area contributed by atoms with Gasteiger partial charge in [0, 0.05) is 25.7 Å². The van der Waals surface area contributed by atoms with Crippen molar-refractivity contribution in [3.8, 4) is 0 Å². The fourth-order valence-corrected chi connectivity index (χ4v) is 10.5. The van der Waals surface area contributed by atoms with E-state index in [0.29, 0.717) is 31.6 Å². The number of esters is 4. The summed E-state index contributed by atoms with van der Waals surface area (Å²) in [6.45, 7) is 11.6. The summed E-state index contributed by atoms with van der Waals surface area (Å²) >= 11 is 0. The lowest BCUT2D eigenvalue weighted by Crippen LogP contribution is -2.30. The van der Waals surface area contributed by atoms with Crippen molar-refractivity contribution >= 4 is 39.5 Å². The molecule has 0 aliphatic carbocycles. The molecule has 0 aliphatic rings. The predicted molar refractivity (Wildman–Crippen MR) is 317 cm³/mol. The number of unbranched alkanes of at least 4 members (excludes halogenated alkanes) is 27. The average molecular weight is 1190 g/mol. The van der Waals surface area contributed by atoms with Gasteiger partial charge < -0.3 is 33.8 Å². The number of aliphatic hydroxyl groups excluding tert-OH is 1. The topological polar surface area (TPSA) is 237 Å². The standard InChI is InChI=1S/C61H118O17P2/c1-8-9-10-25-35-42-58(63)71-48-56(78-61(66)45-38-31-24-23-28-34-41-54(6)7)50-75-79(67,68)73-46-55(62)47-74-80(69,70)76-51-57(49-72-59(64)43-36-29-21-18-17-20-27-33-40-53(4)5)77-60(65)44-37-30-22-16-14-12-11-13-15-19-26-32-39-52(2)3/h52-57,62H,8-51H2,1-7H3,(H,67,68)(H,69,70)/t55-,56+,57+/m0/s1. The Morgan fingerprint density at radius 3 is 0.850 bits per heavy atom. The Bertz CT molecular complexity index is 1600. The number of hydrogen-bond donors (Lipinski definition) is 3. The van der Waals surface area contributed by atoms with Crippen LogP contribution in [0.2, 0.25) is 0 Å². The first kappa shape index (κ1) is 78.1. The lowest BCUT2D eigenvalue weighted by atomic mass is 10.0. The van der Waals surface area contributed by atoms with E-state index in [-0.39, 0.29) is 25.7 Å². The SMILES string of the molecule is CCCCCCCC(=O)OC[C@H](COP(=O)(O)OC[C@H](O)COP(=O)(O)OC[C@@H](COC(=O)CCCCCCCCCCC(C)C)OC(=O)CCCCCCCCCCCCCCC(C)C)OC(=O)CCCCCCCCC(C)C. The highest BCUT2D eigenvalue weighted by Crippen LogP contribution is 2.45. The monoisotopic (exact) mass is 1180 g/mol. The third-order valence-corrected chi connectivity index (χ3v) is 15.8. The van der Waals surface area contributed by atoms with Crippen LogP contribution < -0.4 is 0 Å². The van der Waals surface area contributed by atoms with Crippen molar-refractivity contribution in [3.05, 3.63) is 0 Å². The van der Waals surface area contributed by atoms with E-state index in [0.717, 1.165) is 108 Å². The molecule has 0 spiro atoms. The minimum absolute atomic E-state index is 0.101. The molecule has 19 heteroatoms. The first-order chi connectivity index (χ1) is 38.2. The first-order valence-corrected chi connectivity index (χ1v) is 34.8. The summed E-state index contributed by atoms with van der Waals surface area (Å²) in [7, 11) is -9.87. The highest BCUT2D eigenvalue weighted by molar-refractivity contribution is 7.47. The molecule has 2 unspecified atom stereocenters. The maximum Gasteiger partial charge on any atom is 0.472 e. The van der Waals surface area contributed by atoms with E-state index in [1.54, 1.807) is 0 Å². The Labute approximate surface area is 486 Å². The number of phosphoric acid groups is 2. The van der Waals surface area contributed by atoms with Crippen LogP contribution in [0.3, 0.4) is 0 Å². The highest BCUT2D eigenvalue weighted by Gasteiger charge is 2.30. The molecule has 80 heavy (non-hydrogen) atoms. The Balaban J connectivity index is 5.18. The van der Waals surface area contributed by atoms with Crippen LogP contribution in [0.5, 0.6) is 0 Å². The van der Waals surface area contributed by atoms with Gasteiger partial charge in [0.05, 0.1) is 26.4 Å². The third-order valence-electron chi connectivity index (χ3n) is 13.9. The summed E-state index contributed by atoms with van der Waals surface area (Å²) < 4.78 is 67.6. The molecule has 0 saturated carbocycles. The molecule has 0 amide bonds. The molecule has 0 aliphatic heterocycles. The minimum atomic E-state index is -4.94. The number of rotatable bonds is 59. The van der Waals surface area contributed by atoms with E-state index < -0.39 is 97.5 Å². The Morgan fingerprint density at radius 2 is 0.575 bits per heavy atom. The van der Waals surface area contributed by atoms with Crippen molar-refractivity contribution in [3.63, 3.8) is 0 Å². The van der Waals surface area contributed by atoms with E-state index in [1.165, 1.54) is 96.3 Å². The number of ether oxygens (including phenoxy) is 4. The van der Waals surface area contributed by atoms with Gasteiger partial charge in [0.25, 0.3) is 0 Å². The molecule has 0 saturated heterocycles. The van der Waals surface area contributed by atoms with Crippen molar-refractivity contribution in [2.24, 2.45) is 17.8 Å². The van der Waals surface area contributed by atoms with Gasteiger partial charge in [-0.2, -0.15) is 0 Å². The van der Waals surface area contributed by atoms with Crippen molar-refractivity contribution in [2.45, 2.75) is 311 Å². The molecule has 0 aromatic carbocycles. The molecule has 0 radical (unpaired) electrons. The summed E-state index contributed by atoms with van der Waals surface area (Å²) in [4.78, 5) is 71.8. The van der Waals surface area contributed by atoms with Crippen LogP contribution in [-0.2, 0) is 65.4 Å².